The second-order valence-corrected chi connectivity index (χ2v) is 9.16. The van der Waals surface area contributed by atoms with Crippen LogP contribution in [0.25, 0.3) is 6.08 Å². The predicted molar refractivity (Wildman–Crippen MR) is 125 cm³/mol. The van der Waals surface area contributed by atoms with E-state index in [9.17, 15) is 10.1 Å². The van der Waals surface area contributed by atoms with Crippen molar-refractivity contribution >= 4 is 46.6 Å². The number of benzene rings is 2. The largest absolute Gasteiger partial charge is 0.366 e. The summed E-state index contributed by atoms with van der Waals surface area (Å²) in [5.41, 5.74) is 2.18. The molecular formula is C24H24Cl2FN3O. The molecule has 0 saturated carbocycles. The van der Waals surface area contributed by atoms with Crippen molar-refractivity contribution in [1.82, 2.24) is 0 Å². The Morgan fingerprint density at radius 2 is 2.03 bits per heavy atom. The number of fused-ring (bicyclic) bond motifs is 1. The molecule has 0 aromatic heterocycles. The topological polar surface area (TPSA) is 56.1 Å². The van der Waals surface area contributed by atoms with E-state index in [-0.39, 0.29) is 27.6 Å². The van der Waals surface area contributed by atoms with Gasteiger partial charge in [0.2, 0.25) is 0 Å². The number of hydrogen-bond donors (Lipinski definition) is 1. The van der Waals surface area contributed by atoms with E-state index in [1.165, 1.54) is 18.2 Å². The number of carbonyl (C=O) groups excluding carboxylic acids is 1. The maximum absolute atomic E-state index is 15.0. The number of nitrogens with zero attached hydrogens (tertiary/aromatic N) is 2. The molecule has 1 aliphatic rings. The Balaban J connectivity index is 1.96. The second kappa shape index (κ2) is 8.90. The smallest absolute Gasteiger partial charge is 0.266 e. The van der Waals surface area contributed by atoms with Gasteiger partial charge in [-0.25, -0.2) is 4.39 Å². The molecule has 7 heteroatoms. The van der Waals surface area contributed by atoms with Crippen LogP contribution in [0.4, 0.5) is 15.8 Å². The highest BCUT2D eigenvalue weighted by atomic mass is 35.5. The van der Waals surface area contributed by atoms with Crippen LogP contribution in [-0.4, -0.2) is 18.0 Å². The zero-order chi connectivity index (χ0) is 22.9. The first-order valence-corrected chi connectivity index (χ1v) is 10.8. The van der Waals surface area contributed by atoms with Crippen LogP contribution in [-0.2, 0) is 4.79 Å². The molecule has 4 nitrogen and oxygen atoms in total. The molecule has 0 spiro atoms. The molecule has 162 valence electrons. The molecule has 31 heavy (non-hydrogen) atoms. The third kappa shape index (κ3) is 4.71. The summed E-state index contributed by atoms with van der Waals surface area (Å²) in [6.07, 6.45) is 2.21. The Bertz CT molecular complexity index is 1100. The highest BCUT2D eigenvalue weighted by Crippen LogP contribution is 2.44. The maximum atomic E-state index is 15.0. The van der Waals surface area contributed by atoms with Crippen LogP contribution in [0.1, 0.15) is 51.2 Å². The van der Waals surface area contributed by atoms with Crippen LogP contribution in [0.5, 0.6) is 0 Å². The van der Waals surface area contributed by atoms with Crippen molar-refractivity contribution in [3.8, 4) is 6.07 Å². The van der Waals surface area contributed by atoms with Crippen LogP contribution >= 0.6 is 23.2 Å². The molecule has 1 unspecified atom stereocenters. The minimum absolute atomic E-state index is 0.0808. The van der Waals surface area contributed by atoms with Gasteiger partial charge in [-0.1, -0.05) is 30.1 Å². The molecule has 1 aliphatic heterocycles. The average Bonchev–Trinajstić information content (AvgIpc) is 2.69. The number of nitrogens with one attached hydrogen (secondary N) is 1. The highest BCUT2D eigenvalue weighted by Gasteiger charge is 2.36. The van der Waals surface area contributed by atoms with Crippen molar-refractivity contribution in [2.45, 2.75) is 45.6 Å². The number of halogens is 3. The molecule has 0 radical (unpaired) electrons. The summed E-state index contributed by atoms with van der Waals surface area (Å²) in [7, 11) is 0. The molecule has 3 rings (SSSR count). The lowest BCUT2D eigenvalue weighted by Crippen LogP contribution is -2.48. The van der Waals surface area contributed by atoms with Gasteiger partial charge < -0.3 is 10.2 Å². The van der Waals surface area contributed by atoms with Crippen LogP contribution in [0, 0.1) is 17.1 Å². The molecule has 1 N–H and O–H groups in total. The summed E-state index contributed by atoms with van der Waals surface area (Å²) in [5, 5.41) is 12.7. The minimum atomic E-state index is -0.651. The van der Waals surface area contributed by atoms with Gasteiger partial charge in [0.15, 0.2) is 0 Å². The van der Waals surface area contributed by atoms with Crippen LogP contribution in [0.15, 0.2) is 35.9 Å². The standard InChI is InChI=1S/C24H24Cl2FN3O/c1-5-30-22-11-21(27)15(9-18(22)14(2)12-24(30,3)4)8-16(13-28)23(31)29-17-6-7-19(25)20(26)10-17/h6-11,14H,5,12H2,1-4H3,(H,29,31)/b16-8+. The third-order valence-electron chi connectivity index (χ3n) is 5.66. The molecule has 1 atom stereocenters. The molecule has 0 bridgehead atoms. The monoisotopic (exact) mass is 459 g/mol. The zero-order valence-corrected chi connectivity index (χ0v) is 19.4. The van der Waals surface area contributed by atoms with E-state index in [2.05, 4.69) is 31.0 Å². The average molecular weight is 460 g/mol. The van der Waals surface area contributed by atoms with Gasteiger partial charge in [-0.2, -0.15) is 5.26 Å². The maximum Gasteiger partial charge on any atom is 0.266 e. The molecule has 2 aromatic carbocycles. The fourth-order valence-electron chi connectivity index (χ4n) is 4.31. The number of anilines is 2. The van der Waals surface area contributed by atoms with Gasteiger partial charge in [-0.05, 0) is 75.1 Å². The van der Waals surface area contributed by atoms with E-state index in [0.717, 1.165) is 24.2 Å². The molecule has 1 amide bonds. The summed E-state index contributed by atoms with van der Waals surface area (Å²) in [4.78, 5) is 14.8. The van der Waals surface area contributed by atoms with Crippen molar-refractivity contribution in [3.63, 3.8) is 0 Å². The molecule has 1 heterocycles. The summed E-state index contributed by atoms with van der Waals surface area (Å²) in [6.45, 7) is 9.23. The number of amides is 1. The number of rotatable bonds is 4. The molecule has 0 saturated heterocycles. The van der Waals surface area contributed by atoms with E-state index in [0.29, 0.717) is 10.7 Å². The molecular weight excluding hydrogens is 436 g/mol. The van der Waals surface area contributed by atoms with Crippen molar-refractivity contribution < 1.29 is 9.18 Å². The van der Waals surface area contributed by atoms with E-state index in [4.69, 9.17) is 23.2 Å². The van der Waals surface area contributed by atoms with Gasteiger partial charge in [0.25, 0.3) is 5.91 Å². The zero-order valence-electron chi connectivity index (χ0n) is 17.9. The minimum Gasteiger partial charge on any atom is -0.366 e. The number of hydrogen-bond acceptors (Lipinski definition) is 3. The Hall–Kier alpha value is -2.55. The summed E-state index contributed by atoms with van der Waals surface area (Å²) in [5.74, 6) is -0.907. The molecule has 0 fully saturated rings. The van der Waals surface area contributed by atoms with Crippen molar-refractivity contribution in [2.24, 2.45) is 0 Å². The Labute approximate surface area is 192 Å². The fourth-order valence-corrected chi connectivity index (χ4v) is 4.60. The normalized spacial score (nSPS) is 17.7. The summed E-state index contributed by atoms with van der Waals surface area (Å²) < 4.78 is 15.0. The number of nitriles is 1. The first-order chi connectivity index (χ1) is 14.6. The first kappa shape index (κ1) is 23.1. The van der Waals surface area contributed by atoms with Crippen LogP contribution in [0.2, 0.25) is 10.0 Å². The van der Waals surface area contributed by atoms with Crippen molar-refractivity contribution in [3.05, 3.63) is 62.9 Å². The molecule has 2 aromatic rings. The number of carbonyl (C=O) groups is 1. The highest BCUT2D eigenvalue weighted by molar-refractivity contribution is 6.42. The van der Waals surface area contributed by atoms with E-state index >= 15 is 4.39 Å². The lowest BCUT2D eigenvalue weighted by Gasteiger charge is -2.47. The van der Waals surface area contributed by atoms with Gasteiger partial charge in [0.1, 0.15) is 17.5 Å². The van der Waals surface area contributed by atoms with E-state index < -0.39 is 11.7 Å². The van der Waals surface area contributed by atoms with Crippen LogP contribution in [0.3, 0.4) is 0 Å². The Kier molecular flexibility index (Phi) is 6.64. The first-order valence-electron chi connectivity index (χ1n) is 10.1. The Morgan fingerprint density at radius 3 is 2.65 bits per heavy atom. The summed E-state index contributed by atoms with van der Waals surface area (Å²) in [6, 6.07) is 9.72. The third-order valence-corrected chi connectivity index (χ3v) is 6.40. The lowest BCUT2D eigenvalue weighted by molar-refractivity contribution is -0.112. The van der Waals surface area contributed by atoms with Gasteiger partial charge in [0, 0.05) is 29.0 Å². The van der Waals surface area contributed by atoms with Gasteiger partial charge in [-0.3, -0.25) is 4.79 Å². The fraction of sp³-hybridized carbons (Fsp3) is 0.333. The van der Waals surface area contributed by atoms with Crippen molar-refractivity contribution in [2.75, 3.05) is 16.8 Å². The van der Waals surface area contributed by atoms with Gasteiger partial charge in [0.05, 0.1) is 10.0 Å². The quantitative estimate of drug-likeness (QED) is 0.404. The SMILES string of the molecule is CCN1c2cc(F)c(/C=C(\C#N)C(=O)Nc3ccc(Cl)c(Cl)c3)cc2C(C)CC1(C)C. The van der Waals surface area contributed by atoms with E-state index in [1.54, 1.807) is 18.2 Å². The van der Waals surface area contributed by atoms with Gasteiger partial charge in [-0.15, -0.1) is 0 Å². The Morgan fingerprint density at radius 1 is 1.32 bits per heavy atom. The second-order valence-electron chi connectivity index (χ2n) is 8.35. The van der Waals surface area contributed by atoms with Crippen LogP contribution < -0.4 is 10.2 Å². The predicted octanol–water partition coefficient (Wildman–Crippen LogP) is 6.79. The van der Waals surface area contributed by atoms with E-state index in [1.807, 2.05) is 13.0 Å². The molecule has 0 aliphatic carbocycles. The van der Waals surface area contributed by atoms with Gasteiger partial charge >= 0.3 is 0 Å². The summed E-state index contributed by atoms with van der Waals surface area (Å²) >= 11 is 11.9. The lowest BCUT2D eigenvalue weighted by atomic mass is 9.79. The van der Waals surface area contributed by atoms with Crippen molar-refractivity contribution in [1.29, 1.82) is 5.26 Å².